The predicted molar refractivity (Wildman–Crippen MR) is 56.7 cm³/mol. The van der Waals surface area contributed by atoms with Crippen molar-refractivity contribution in [3.8, 4) is 0 Å². The van der Waals surface area contributed by atoms with Gasteiger partial charge in [0.1, 0.15) is 0 Å². The van der Waals surface area contributed by atoms with E-state index in [4.69, 9.17) is 0 Å². The molecule has 0 saturated carbocycles. The highest BCUT2D eigenvalue weighted by Gasteiger charge is 2.02. The van der Waals surface area contributed by atoms with Gasteiger partial charge in [0.2, 0.25) is 0 Å². The summed E-state index contributed by atoms with van der Waals surface area (Å²) in [4.78, 5) is 0.813. The van der Waals surface area contributed by atoms with Crippen LogP contribution in [0.2, 0.25) is 0 Å². The Morgan fingerprint density at radius 2 is 1.69 bits per heavy atom. The summed E-state index contributed by atoms with van der Waals surface area (Å²) >= 11 is 0. The van der Waals surface area contributed by atoms with Crippen molar-refractivity contribution in [3.63, 3.8) is 0 Å². The van der Waals surface area contributed by atoms with E-state index < -0.39 is 21.6 Å². The molecule has 0 aliphatic rings. The lowest BCUT2D eigenvalue weighted by Gasteiger charge is -1.99. The number of hydrogen-bond donors (Lipinski definition) is 0. The molecule has 0 N–H and O–H groups in total. The van der Waals surface area contributed by atoms with Crippen LogP contribution in [0.4, 0.5) is 0 Å². The lowest BCUT2D eigenvalue weighted by Crippen LogP contribution is -2.06. The molecule has 1 aromatic rings. The van der Waals surface area contributed by atoms with Crippen molar-refractivity contribution in [2.24, 2.45) is 0 Å². The number of benzene rings is 1. The Bertz CT molecular complexity index is 309. The maximum atomic E-state index is 11.5. The van der Waals surface area contributed by atoms with Gasteiger partial charge < -0.3 is 0 Å². The summed E-state index contributed by atoms with van der Waals surface area (Å²) in [6, 6.07) is 9.26. The Kier molecular flexibility index (Phi) is 4.32. The highest BCUT2D eigenvalue weighted by Crippen LogP contribution is 2.05. The van der Waals surface area contributed by atoms with E-state index in [0.717, 1.165) is 4.90 Å². The molecule has 0 heterocycles. The molecule has 0 aliphatic heterocycles. The minimum Gasteiger partial charge on any atom is -0.260 e. The van der Waals surface area contributed by atoms with Gasteiger partial charge in [0.25, 0.3) is 0 Å². The van der Waals surface area contributed by atoms with Crippen molar-refractivity contribution in [2.75, 3.05) is 17.8 Å². The van der Waals surface area contributed by atoms with E-state index in [9.17, 15) is 8.42 Å². The molecule has 1 aromatic carbocycles. The fraction of sp³-hybridized carbons (Fsp3) is 0.333. The van der Waals surface area contributed by atoms with Crippen LogP contribution in [-0.2, 0) is 21.6 Å². The Morgan fingerprint density at radius 3 is 2.23 bits per heavy atom. The van der Waals surface area contributed by atoms with Crippen LogP contribution in [-0.4, -0.2) is 26.2 Å². The maximum absolute atomic E-state index is 11.5. The molecule has 13 heavy (non-hydrogen) atoms. The third-order valence-electron chi connectivity index (χ3n) is 1.56. The zero-order chi connectivity index (χ0) is 9.68. The fourth-order valence-corrected chi connectivity index (χ4v) is 3.12. The summed E-state index contributed by atoms with van der Waals surface area (Å²) in [5.74, 6) is 0.981. The van der Waals surface area contributed by atoms with Gasteiger partial charge in [-0.15, -0.1) is 0 Å². The average molecular weight is 216 g/mol. The van der Waals surface area contributed by atoms with E-state index in [1.54, 1.807) is 6.26 Å². The van der Waals surface area contributed by atoms with Crippen LogP contribution in [0.5, 0.6) is 0 Å². The lowest BCUT2D eigenvalue weighted by atomic mass is 10.4. The smallest absolute Gasteiger partial charge is 0.0538 e. The van der Waals surface area contributed by atoms with Crippen LogP contribution in [0.25, 0.3) is 0 Å². The quantitative estimate of drug-likeness (QED) is 0.757. The molecule has 0 fully saturated rings. The molecular formula is C9H12O2S2. The first-order valence-electron chi connectivity index (χ1n) is 3.93. The molecule has 2 unspecified atom stereocenters. The van der Waals surface area contributed by atoms with Crippen LogP contribution in [0, 0.1) is 0 Å². The van der Waals surface area contributed by atoms with Crippen LogP contribution < -0.4 is 0 Å². The molecule has 4 heteroatoms. The average Bonchev–Trinajstić information content (AvgIpc) is 2.15. The van der Waals surface area contributed by atoms with Crippen LogP contribution in [0.3, 0.4) is 0 Å². The van der Waals surface area contributed by atoms with Gasteiger partial charge in [0.15, 0.2) is 0 Å². The second-order valence-corrected chi connectivity index (χ2v) is 5.77. The Morgan fingerprint density at radius 1 is 1.08 bits per heavy atom. The van der Waals surface area contributed by atoms with E-state index >= 15 is 0 Å². The summed E-state index contributed by atoms with van der Waals surface area (Å²) in [6.45, 7) is 0. The standard InChI is InChI=1S/C9H12O2S2/c1-12(10)7-8-13(11)9-5-3-2-4-6-9/h2-6H,7-8H2,1H3. The van der Waals surface area contributed by atoms with Crippen molar-refractivity contribution in [3.05, 3.63) is 30.3 Å². The summed E-state index contributed by atoms with van der Waals surface area (Å²) in [5.41, 5.74) is 0. The molecule has 0 aliphatic carbocycles. The minimum absolute atomic E-state index is 0.479. The zero-order valence-corrected chi connectivity index (χ0v) is 9.07. The molecule has 72 valence electrons. The number of hydrogen-bond acceptors (Lipinski definition) is 2. The molecule has 0 saturated heterocycles. The van der Waals surface area contributed by atoms with Crippen molar-refractivity contribution in [1.82, 2.24) is 0 Å². The van der Waals surface area contributed by atoms with Gasteiger partial charge in [-0.2, -0.15) is 0 Å². The van der Waals surface area contributed by atoms with Crippen molar-refractivity contribution in [1.29, 1.82) is 0 Å². The molecule has 0 amide bonds. The minimum atomic E-state index is -0.997. The monoisotopic (exact) mass is 216 g/mol. The number of rotatable bonds is 4. The van der Waals surface area contributed by atoms with E-state index in [0.29, 0.717) is 11.5 Å². The van der Waals surface area contributed by atoms with Gasteiger partial charge in [0.05, 0.1) is 10.8 Å². The lowest BCUT2D eigenvalue weighted by molar-refractivity contribution is 0.680. The third kappa shape index (κ3) is 3.83. The summed E-state index contributed by atoms with van der Waals surface area (Å²) < 4.78 is 22.3. The molecule has 1 rings (SSSR count). The highest BCUT2D eigenvalue weighted by atomic mass is 32.2. The first kappa shape index (κ1) is 10.6. The second kappa shape index (κ2) is 5.29. The first-order valence-corrected chi connectivity index (χ1v) is 6.98. The Balaban J connectivity index is 2.54. The van der Waals surface area contributed by atoms with Gasteiger partial charge in [-0.25, -0.2) is 0 Å². The van der Waals surface area contributed by atoms with Gasteiger partial charge in [-0.1, -0.05) is 18.2 Å². The highest BCUT2D eigenvalue weighted by molar-refractivity contribution is 7.88. The molecule has 2 atom stereocenters. The normalized spacial score (nSPS) is 15.2. The Labute approximate surface area is 83.3 Å². The maximum Gasteiger partial charge on any atom is 0.0538 e. The molecule has 0 aromatic heterocycles. The topological polar surface area (TPSA) is 34.1 Å². The largest absolute Gasteiger partial charge is 0.260 e. The van der Waals surface area contributed by atoms with Crippen LogP contribution in [0.1, 0.15) is 0 Å². The molecule has 2 nitrogen and oxygen atoms in total. The SMILES string of the molecule is CS(=O)CCS(=O)c1ccccc1. The van der Waals surface area contributed by atoms with Crippen molar-refractivity contribution < 1.29 is 8.42 Å². The van der Waals surface area contributed by atoms with E-state index in [1.165, 1.54) is 0 Å². The van der Waals surface area contributed by atoms with Gasteiger partial charge in [0, 0.05) is 33.5 Å². The molecule has 0 bridgehead atoms. The summed E-state index contributed by atoms with van der Waals surface area (Å²) in [5, 5.41) is 0. The van der Waals surface area contributed by atoms with Crippen molar-refractivity contribution in [2.45, 2.75) is 4.90 Å². The first-order chi connectivity index (χ1) is 6.20. The summed E-state index contributed by atoms with van der Waals surface area (Å²) in [7, 11) is -1.85. The fourth-order valence-electron chi connectivity index (χ4n) is 0.883. The van der Waals surface area contributed by atoms with E-state index in [1.807, 2.05) is 30.3 Å². The van der Waals surface area contributed by atoms with Gasteiger partial charge in [-0.05, 0) is 12.1 Å². The van der Waals surface area contributed by atoms with Crippen molar-refractivity contribution >= 4 is 21.6 Å². The zero-order valence-electron chi connectivity index (χ0n) is 7.43. The van der Waals surface area contributed by atoms with Gasteiger partial charge >= 0.3 is 0 Å². The van der Waals surface area contributed by atoms with Crippen LogP contribution >= 0.6 is 0 Å². The van der Waals surface area contributed by atoms with E-state index in [-0.39, 0.29) is 0 Å². The summed E-state index contributed by atoms with van der Waals surface area (Å²) in [6.07, 6.45) is 1.63. The predicted octanol–water partition coefficient (Wildman–Crippen LogP) is 1.17. The molecule has 0 radical (unpaired) electrons. The van der Waals surface area contributed by atoms with E-state index in [2.05, 4.69) is 0 Å². The van der Waals surface area contributed by atoms with Crippen LogP contribution in [0.15, 0.2) is 35.2 Å². The molecular weight excluding hydrogens is 204 g/mol. The van der Waals surface area contributed by atoms with Gasteiger partial charge in [-0.3, -0.25) is 8.42 Å². The third-order valence-corrected chi connectivity index (χ3v) is 3.97. The second-order valence-electron chi connectivity index (χ2n) is 2.64. The molecule has 0 spiro atoms. The Hall–Kier alpha value is -0.480.